The van der Waals surface area contributed by atoms with E-state index in [1.54, 1.807) is 12.1 Å². The summed E-state index contributed by atoms with van der Waals surface area (Å²) in [6.07, 6.45) is 2.17. The van der Waals surface area contributed by atoms with Crippen LogP contribution in [0, 0.1) is 5.41 Å². The Morgan fingerprint density at radius 3 is 2.50 bits per heavy atom. The zero-order valence-corrected chi connectivity index (χ0v) is 16.6. The Kier molecular flexibility index (Phi) is 4.65. The molecule has 146 valence electrons. The van der Waals surface area contributed by atoms with Gasteiger partial charge in [0.25, 0.3) is 5.91 Å². The van der Waals surface area contributed by atoms with Crippen LogP contribution in [-0.2, 0) is 11.2 Å². The summed E-state index contributed by atoms with van der Waals surface area (Å²) in [6.45, 7) is 0. The van der Waals surface area contributed by atoms with Crippen molar-refractivity contribution >= 4 is 39.8 Å². The number of amidine groups is 2. The molecule has 0 spiro atoms. The summed E-state index contributed by atoms with van der Waals surface area (Å²) in [5.41, 5.74) is 2.21. The third kappa shape index (κ3) is 3.51. The van der Waals surface area contributed by atoms with Gasteiger partial charge in [-0.05, 0) is 35.5 Å². The Bertz CT molecular complexity index is 1230. The first-order valence-corrected chi connectivity index (χ1v) is 10.2. The Hall–Kier alpha value is -3.71. The highest BCUT2D eigenvalue weighted by molar-refractivity contribution is 8.26. The van der Waals surface area contributed by atoms with Crippen molar-refractivity contribution in [2.75, 3.05) is 0 Å². The van der Waals surface area contributed by atoms with Crippen molar-refractivity contribution in [3.8, 4) is 11.3 Å². The summed E-state index contributed by atoms with van der Waals surface area (Å²) >= 11 is 1.32. The third-order valence-electron chi connectivity index (χ3n) is 4.67. The van der Waals surface area contributed by atoms with Gasteiger partial charge in [0.1, 0.15) is 16.6 Å². The standard InChI is InChI=1S/C23H16N4O2S/c24-21-18(14-17-11-12-19(29-17)16-9-5-2-6-10-16)22(28)25-23-27(21)26-20(30-23)13-15-7-3-1-4-8-15/h1-12,14,24H,13H2. The number of furan rings is 1. The fourth-order valence-electron chi connectivity index (χ4n) is 3.20. The SMILES string of the molecule is N=C1C(=Cc2ccc(-c3ccccc3)o2)C(=O)N=C2SC(Cc3ccccc3)=NN12. The number of hydrogen-bond donors (Lipinski definition) is 1. The highest BCUT2D eigenvalue weighted by Gasteiger charge is 2.35. The van der Waals surface area contributed by atoms with Gasteiger partial charge in [-0.3, -0.25) is 10.2 Å². The molecule has 0 saturated heterocycles. The van der Waals surface area contributed by atoms with E-state index in [2.05, 4.69) is 10.1 Å². The van der Waals surface area contributed by atoms with Gasteiger partial charge in [0.15, 0.2) is 5.84 Å². The highest BCUT2D eigenvalue weighted by atomic mass is 32.2. The van der Waals surface area contributed by atoms with Crippen molar-refractivity contribution in [3.63, 3.8) is 0 Å². The van der Waals surface area contributed by atoms with E-state index < -0.39 is 5.91 Å². The third-order valence-corrected chi connectivity index (χ3v) is 5.57. The van der Waals surface area contributed by atoms with Crippen molar-refractivity contribution in [2.24, 2.45) is 10.1 Å². The van der Waals surface area contributed by atoms with Gasteiger partial charge in [-0.2, -0.15) is 15.1 Å². The van der Waals surface area contributed by atoms with Gasteiger partial charge in [-0.25, -0.2) is 0 Å². The average Bonchev–Trinajstić information content (AvgIpc) is 3.39. The number of thioether (sulfide) groups is 1. The maximum absolute atomic E-state index is 12.6. The Balaban J connectivity index is 1.40. The molecule has 2 aliphatic heterocycles. The minimum absolute atomic E-state index is 0.00165. The monoisotopic (exact) mass is 412 g/mol. The summed E-state index contributed by atoms with van der Waals surface area (Å²) in [7, 11) is 0. The maximum Gasteiger partial charge on any atom is 0.283 e. The topological polar surface area (TPSA) is 82.0 Å². The van der Waals surface area contributed by atoms with E-state index in [4.69, 9.17) is 9.83 Å². The van der Waals surface area contributed by atoms with Crippen molar-refractivity contribution in [1.29, 1.82) is 5.41 Å². The van der Waals surface area contributed by atoms with Crippen molar-refractivity contribution in [1.82, 2.24) is 5.01 Å². The molecule has 0 radical (unpaired) electrons. The fraction of sp³-hybridized carbons (Fsp3) is 0.0435. The van der Waals surface area contributed by atoms with Gasteiger partial charge < -0.3 is 4.42 Å². The minimum atomic E-state index is -0.465. The molecular formula is C23H16N4O2S. The van der Waals surface area contributed by atoms with Gasteiger partial charge in [0, 0.05) is 12.0 Å². The number of amides is 1. The lowest BCUT2D eigenvalue weighted by molar-refractivity contribution is -0.114. The second-order valence-electron chi connectivity index (χ2n) is 6.74. The molecule has 6 nitrogen and oxygen atoms in total. The van der Waals surface area contributed by atoms with E-state index in [1.165, 1.54) is 16.8 Å². The second-order valence-corrected chi connectivity index (χ2v) is 7.78. The summed E-state index contributed by atoms with van der Waals surface area (Å²) in [4.78, 5) is 16.7. The molecule has 1 N–H and O–H groups in total. The molecule has 3 heterocycles. The number of carbonyl (C=O) groups excluding carboxylic acids is 1. The van der Waals surface area contributed by atoms with Crippen LogP contribution in [0.3, 0.4) is 0 Å². The summed E-state index contributed by atoms with van der Waals surface area (Å²) in [5, 5.41) is 15.6. The molecular weight excluding hydrogens is 396 g/mol. The molecule has 0 unspecified atom stereocenters. The molecule has 0 bridgehead atoms. The largest absolute Gasteiger partial charge is 0.457 e. The molecule has 7 heteroatoms. The Morgan fingerprint density at radius 2 is 1.73 bits per heavy atom. The van der Waals surface area contributed by atoms with E-state index in [0.29, 0.717) is 23.1 Å². The normalized spacial score (nSPS) is 17.2. The van der Waals surface area contributed by atoms with Crippen LogP contribution in [0.5, 0.6) is 0 Å². The van der Waals surface area contributed by atoms with Crippen LogP contribution in [0.1, 0.15) is 11.3 Å². The Morgan fingerprint density at radius 1 is 1.00 bits per heavy atom. The fourth-order valence-corrected chi connectivity index (χ4v) is 4.12. The van der Waals surface area contributed by atoms with Gasteiger partial charge >= 0.3 is 0 Å². The van der Waals surface area contributed by atoms with E-state index in [0.717, 1.165) is 16.2 Å². The van der Waals surface area contributed by atoms with Crippen molar-refractivity contribution < 1.29 is 9.21 Å². The van der Waals surface area contributed by atoms with Gasteiger partial charge in [0.05, 0.1) is 5.57 Å². The first-order chi connectivity index (χ1) is 14.7. The minimum Gasteiger partial charge on any atom is -0.457 e. The van der Waals surface area contributed by atoms with Crippen LogP contribution in [0.25, 0.3) is 17.4 Å². The molecule has 1 aromatic heterocycles. The summed E-state index contributed by atoms with van der Waals surface area (Å²) < 4.78 is 5.85. The number of benzene rings is 2. The molecule has 3 aromatic rings. The zero-order valence-electron chi connectivity index (χ0n) is 15.8. The molecule has 1 amide bonds. The molecule has 2 aromatic carbocycles. The lowest BCUT2D eigenvalue weighted by atomic mass is 10.1. The van der Waals surface area contributed by atoms with E-state index in [-0.39, 0.29) is 11.4 Å². The van der Waals surface area contributed by atoms with Crippen molar-refractivity contribution in [3.05, 3.63) is 89.7 Å². The number of nitrogens with one attached hydrogen (secondary N) is 1. The lowest BCUT2D eigenvalue weighted by Gasteiger charge is -2.19. The van der Waals surface area contributed by atoms with Crippen LogP contribution in [0.4, 0.5) is 0 Å². The predicted octanol–water partition coefficient (Wildman–Crippen LogP) is 4.81. The number of nitrogens with zero attached hydrogens (tertiary/aromatic N) is 3. The first kappa shape index (κ1) is 18.3. The molecule has 2 aliphatic rings. The van der Waals surface area contributed by atoms with E-state index in [1.807, 2.05) is 66.7 Å². The van der Waals surface area contributed by atoms with Crippen molar-refractivity contribution in [2.45, 2.75) is 6.42 Å². The Labute approximate surface area is 177 Å². The van der Waals surface area contributed by atoms with Crippen LogP contribution in [-0.4, -0.2) is 27.0 Å². The second kappa shape index (κ2) is 7.61. The molecule has 30 heavy (non-hydrogen) atoms. The quantitative estimate of drug-likeness (QED) is 0.624. The number of carbonyl (C=O) groups is 1. The number of fused-ring (bicyclic) bond motifs is 1. The lowest BCUT2D eigenvalue weighted by Crippen LogP contribution is -2.35. The number of hydrogen-bond acceptors (Lipinski definition) is 5. The van der Waals surface area contributed by atoms with Gasteiger partial charge in [-0.1, -0.05) is 60.7 Å². The van der Waals surface area contributed by atoms with E-state index >= 15 is 0 Å². The van der Waals surface area contributed by atoms with Gasteiger partial charge in [-0.15, -0.1) is 0 Å². The maximum atomic E-state index is 12.6. The van der Waals surface area contributed by atoms with Crippen LogP contribution in [0.15, 0.2) is 92.9 Å². The molecule has 0 saturated carbocycles. The predicted molar refractivity (Wildman–Crippen MR) is 119 cm³/mol. The van der Waals surface area contributed by atoms with E-state index in [9.17, 15) is 4.79 Å². The number of hydrazone groups is 1. The van der Waals surface area contributed by atoms with Crippen LogP contribution < -0.4 is 0 Å². The first-order valence-electron chi connectivity index (χ1n) is 9.36. The summed E-state index contributed by atoms with van der Waals surface area (Å²) in [5.74, 6) is 0.716. The van der Waals surface area contributed by atoms with Gasteiger partial charge in [0.2, 0.25) is 5.17 Å². The molecule has 5 rings (SSSR count). The number of rotatable bonds is 4. The van der Waals surface area contributed by atoms with Crippen LogP contribution in [0.2, 0.25) is 0 Å². The van der Waals surface area contributed by atoms with Crippen LogP contribution >= 0.6 is 11.8 Å². The smallest absolute Gasteiger partial charge is 0.283 e. The number of aliphatic imine (C=N–C) groups is 1. The zero-order chi connectivity index (χ0) is 20.5. The average molecular weight is 412 g/mol. The molecule has 0 aliphatic carbocycles. The highest BCUT2D eigenvalue weighted by Crippen LogP contribution is 2.30. The molecule has 0 atom stereocenters. The summed E-state index contributed by atoms with van der Waals surface area (Å²) in [6, 6.07) is 23.3. The molecule has 0 fully saturated rings.